The maximum Gasteiger partial charge on any atom is 0.0704 e. The lowest BCUT2D eigenvalue weighted by Gasteiger charge is -2.13. The van der Waals surface area contributed by atoms with Crippen molar-refractivity contribution >= 4 is 11.6 Å². The first-order chi connectivity index (χ1) is 8.63. The minimum absolute atomic E-state index is 0.0530. The molecule has 4 heteroatoms. The Morgan fingerprint density at radius 3 is 2.72 bits per heavy atom. The molecule has 0 bridgehead atoms. The standard InChI is InChI=1S/C14H21ClO3/c1-11-3-4-13(10-14(11)15)9-12(2)18-8-7-17-6-5-16/h3-4,10,12,16H,5-9H2,1-2H3. The molecule has 0 fully saturated rings. The van der Waals surface area contributed by atoms with Crippen LogP contribution in [0.1, 0.15) is 18.1 Å². The second-order valence-electron chi connectivity index (χ2n) is 4.31. The fraction of sp³-hybridized carbons (Fsp3) is 0.571. The normalized spacial score (nSPS) is 12.7. The van der Waals surface area contributed by atoms with Crippen molar-refractivity contribution in [3.8, 4) is 0 Å². The summed E-state index contributed by atoms with van der Waals surface area (Å²) in [6.45, 7) is 5.49. The molecular formula is C14H21ClO3. The van der Waals surface area contributed by atoms with Crippen LogP contribution in [-0.4, -0.2) is 37.6 Å². The minimum atomic E-state index is 0.0530. The van der Waals surface area contributed by atoms with E-state index in [1.54, 1.807) is 0 Å². The van der Waals surface area contributed by atoms with Gasteiger partial charge in [-0.3, -0.25) is 0 Å². The number of aryl methyl sites for hydroxylation is 1. The largest absolute Gasteiger partial charge is 0.394 e. The Bertz CT molecular complexity index is 355. The Balaban J connectivity index is 2.26. The maximum absolute atomic E-state index is 8.54. The van der Waals surface area contributed by atoms with Gasteiger partial charge in [0.1, 0.15) is 0 Å². The van der Waals surface area contributed by atoms with Gasteiger partial charge in [0.05, 0.1) is 32.5 Å². The topological polar surface area (TPSA) is 38.7 Å². The zero-order valence-corrected chi connectivity index (χ0v) is 11.7. The molecule has 0 aliphatic rings. The van der Waals surface area contributed by atoms with Gasteiger partial charge >= 0.3 is 0 Å². The third-order valence-corrected chi connectivity index (χ3v) is 3.03. The van der Waals surface area contributed by atoms with E-state index >= 15 is 0 Å². The molecule has 102 valence electrons. The van der Waals surface area contributed by atoms with E-state index in [-0.39, 0.29) is 12.7 Å². The zero-order valence-electron chi connectivity index (χ0n) is 11.0. The number of hydrogen-bond acceptors (Lipinski definition) is 3. The Kier molecular flexibility index (Phi) is 7.28. The van der Waals surface area contributed by atoms with E-state index in [0.717, 1.165) is 17.0 Å². The molecule has 1 unspecified atom stereocenters. The Morgan fingerprint density at radius 1 is 1.28 bits per heavy atom. The summed E-state index contributed by atoms with van der Waals surface area (Å²) in [7, 11) is 0. The second kappa shape index (κ2) is 8.48. The van der Waals surface area contributed by atoms with Crippen molar-refractivity contribution in [2.45, 2.75) is 26.4 Å². The molecule has 1 aromatic carbocycles. The summed E-state index contributed by atoms with van der Waals surface area (Å²) in [5, 5.41) is 9.34. The maximum atomic E-state index is 8.54. The first-order valence-electron chi connectivity index (χ1n) is 6.18. The SMILES string of the molecule is Cc1ccc(CC(C)OCCOCCO)cc1Cl. The summed E-state index contributed by atoms with van der Waals surface area (Å²) in [5.74, 6) is 0. The lowest BCUT2D eigenvalue weighted by molar-refractivity contribution is 0.00448. The highest BCUT2D eigenvalue weighted by Gasteiger charge is 2.05. The van der Waals surface area contributed by atoms with E-state index in [1.165, 1.54) is 5.56 Å². The molecule has 0 aliphatic heterocycles. The first-order valence-corrected chi connectivity index (χ1v) is 6.56. The van der Waals surface area contributed by atoms with Crippen LogP contribution in [0.4, 0.5) is 0 Å². The van der Waals surface area contributed by atoms with Gasteiger partial charge in [0.25, 0.3) is 0 Å². The van der Waals surface area contributed by atoms with Crippen molar-refractivity contribution in [3.05, 3.63) is 34.3 Å². The molecule has 18 heavy (non-hydrogen) atoms. The van der Waals surface area contributed by atoms with E-state index in [9.17, 15) is 0 Å². The van der Waals surface area contributed by atoms with Crippen molar-refractivity contribution in [3.63, 3.8) is 0 Å². The van der Waals surface area contributed by atoms with E-state index < -0.39 is 0 Å². The molecule has 1 rings (SSSR count). The van der Waals surface area contributed by atoms with Crippen LogP contribution < -0.4 is 0 Å². The quantitative estimate of drug-likeness (QED) is 0.740. The van der Waals surface area contributed by atoms with Crippen LogP contribution in [0.25, 0.3) is 0 Å². The number of hydrogen-bond donors (Lipinski definition) is 1. The fourth-order valence-electron chi connectivity index (χ4n) is 1.63. The van der Waals surface area contributed by atoms with Gasteiger partial charge in [-0.25, -0.2) is 0 Å². The average molecular weight is 273 g/mol. The van der Waals surface area contributed by atoms with Crippen molar-refractivity contribution in [2.75, 3.05) is 26.4 Å². The molecule has 0 aliphatic carbocycles. The zero-order chi connectivity index (χ0) is 13.4. The summed E-state index contributed by atoms with van der Waals surface area (Å²) >= 11 is 6.07. The summed E-state index contributed by atoms with van der Waals surface area (Å²) in [5.41, 5.74) is 2.26. The third-order valence-electron chi connectivity index (χ3n) is 2.63. The molecule has 1 atom stereocenters. The van der Waals surface area contributed by atoms with Gasteiger partial charge in [0, 0.05) is 5.02 Å². The molecule has 0 radical (unpaired) electrons. The average Bonchev–Trinajstić information content (AvgIpc) is 2.34. The predicted octanol–water partition coefficient (Wildman–Crippen LogP) is 2.60. The van der Waals surface area contributed by atoms with Crippen LogP contribution in [0.15, 0.2) is 18.2 Å². The highest BCUT2D eigenvalue weighted by Crippen LogP contribution is 2.18. The molecular weight excluding hydrogens is 252 g/mol. The Labute approximate surface area is 114 Å². The van der Waals surface area contributed by atoms with E-state index in [2.05, 4.69) is 6.07 Å². The molecule has 0 saturated carbocycles. The highest BCUT2D eigenvalue weighted by atomic mass is 35.5. The Hall–Kier alpha value is -0.610. The van der Waals surface area contributed by atoms with Crippen LogP contribution in [-0.2, 0) is 15.9 Å². The fourth-order valence-corrected chi connectivity index (χ4v) is 1.83. The predicted molar refractivity (Wildman–Crippen MR) is 73.2 cm³/mol. The van der Waals surface area contributed by atoms with Crippen molar-refractivity contribution in [1.82, 2.24) is 0 Å². The first kappa shape index (κ1) is 15.4. The summed E-state index contributed by atoms with van der Waals surface area (Å²) in [6.07, 6.45) is 0.960. The van der Waals surface area contributed by atoms with Gasteiger partial charge < -0.3 is 14.6 Å². The number of ether oxygens (including phenoxy) is 2. The van der Waals surface area contributed by atoms with Crippen molar-refractivity contribution in [2.24, 2.45) is 0 Å². The van der Waals surface area contributed by atoms with Crippen LogP contribution in [0, 0.1) is 6.92 Å². The molecule has 3 nitrogen and oxygen atoms in total. The monoisotopic (exact) mass is 272 g/mol. The number of aliphatic hydroxyl groups excluding tert-OH is 1. The molecule has 0 heterocycles. The van der Waals surface area contributed by atoms with Gasteiger partial charge in [-0.15, -0.1) is 0 Å². The van der Waals surface area contributed by atoms with E-state index in [1.807, 2.05) is 26.0 Å². The molecule has 0 amide bonds. The number of rotatable bonds is 8. The van der Waals surface area contributed by atoms with Gasteiger partial charge in [-0.2, -0.15) is 0 Å². The van der Waals surface area contributed by atoms with Crippen molar-refractivity contribution in [1.29, 1.82) is 0 Å². The van der Waals surface area contributed by atoms with Crippen molar-refractivity contribution < 1.29 is 14.6 Å². The van der Waals surface area contributed by atoms with E-state index in [4.69, 9.17) is 26.2 Å². The van der Waals surface area contributed by atoms with Gasteiger partial charge in [0.2, 0.25) is 0 Å². The van der Waals surface area contributed by atoms with Crippen LogP contribution >= 0.6 is 11.6 Å². The minimum Gasteiger partial charge on any atom is -0.394 e. The summed E-state index contributed by atoms with van der Waals surface area (Å²) < 4.78 is 10.7. The highest BCUT2D eigenvalue weighted by molar-refractivity contribution is 6.31. The van der Waals surface area contributed by atoms with Crippen LogP contribution in [0.3, 0.4) is 0 Å². The van der Waals surface area contributed by atoms with E-state index in [0.29, 0.717) is 19.8 Å². The number of halogens is 1. The lowest BCUT2D eigenvalue weighted by atomic mass is 10.1. The third kappa shape index (κ3) is 5.83. The summed E-state index contributed by atoms with van der Waals surface area (Å²) in [6, 6.07) is 6.08. The Morgan fingerprint density at radius 2 is 2.06 bits per heavy atom. The number of aliphatic hydroxyl groups is 1. The van der Waals surface area contributed by atoms with Gasteiger partial charge in [-0.1, -0.05) is 23.7 Å². The molecule has 1 N–H and O–H groups in total. The number of benzene rings is 1. The lowest BCUT2D eigenvalue weighted by Crippen LogP contribution is -2.16. The molecule has 0 aromatic heterocycles. The molecule has 0 saturated heterocycles. The van der Waals surface area contributed by atoms with Gasteiger partial charge in [0.15, 0.2) is 0 Å². The molecule has 0 spiro atoms. The van der Waals surface area contributed by atoms with Crippen LogP contribution in [0.2, 0.25) is 5.02 Å². The van der Waals surface area contributed by atoms with Crippen LogP contribution in [0.5, 0.6) is 0 Å². The van der Waals surface area contributed by atoms with Gasteiger partial charge in [-0.05, 0) is 37.5 Å². The second-order valence-corrected chi connectivity index (χ2v) is 4.71. The molecule has 1 aromatic rings. The smallest absolute Gasteiger partial charge is 0.0704 e. The summed E-state index contributed by atoms with van der Waals surface area (Å²) in [4.78, 5) is 0.